The quantitative estimate of drug-likeness (QED) is 0.637. The number of aromatic nitrogens is 2. The van der Waals surface area contributed by atoms with Gasteiger partial charge in [-0.05, 0) is 30.3 Å². The van der Waals surface area contributed by atoms with E-state index in [2.05, 4.69) is 10.1 Å². The third-order valence-corrected chi connectivity index (χ3v) is 3.43. The van der Waals surface area contributed by atoms with E-state index in [1.807, 2.05) is 18.2 Å². The van der Waals surface area contributed by atoms with Gasteiger partial charge in [0.1, 0.15) is 11.5 Å². The molecule has 0 aliphatic rings. The molecular weight excluding hydrogens is 324 g/mol. The van der Waals surface area contributed by atoms with Crippen LogP contribution < -0.4 is 9.47 Å². The van der Waals surface area contributed by atoms with Gasteiger partial charge in [0, 0.05) is 5.56 Å². The summed E-state index contributed by atoms with van der Waals surface area (Å²) in [5.41, 5.74) is 1.13. The van der Waals surface area contributed by atoms with E-state index < -0.39 is 5.97 Å². The summed E-state index contributed by atoms with van der Waals surface area (Å²) in [6.07, 6.45) is 0. The van der Waals surface area contributed by atoms with Gasteiger partial charge < -0.3 is 18.7 Å². The standard InChI is InChI=1S/C18H16N2O5/c1-22-14-7-3-5-12(9-14)17-19-16(25-20-17)11-24-18(21)13-6-4-8-15(10-13)23-2/h3-10H,11H2,1-2H3. The summed E-state index contributed by atoms with van der Waals surface area (Å²) >= 11 is 0. The smallest absolute Gasteiger partial charge is 0.338 e. The molecule has 1 aromatic heterocycles. The third kappa shape index (κ3) is 3.95. The topological polar surface area (TPSA) is 83.7 Å². The molecule has 7 nitrogen and oxygen atoms in total. The Morgan fingerprint density at radius 2 is 1.76 bits per heavy atom. The summed E-state index contributed by atoms with van der Waals surface area (Å²) in [7, 11) is 3.11. The van der Waals surface area contributed by atoms with Crippen LogP contribution in [0.15, 0.2) is 53.1 Å². The molecule has 0 atom stereocenters. The molecule has 0 unspecified atom stereocenters. The molecule has 0 fully saturated rings. The van der Waals surface area contributed by atoms with Crippen LogP contribution in [0.25, 0.3) is 11.4 Å². The fourth-order valence-electron chi connectivity index (χ4n) is 2.15. The summed E-state index contributed by atoms with van der Waals surface area (Å²) < 4.78 is 20.6. The molecular formula is C18H16N2O5. The highest BCUT2D eigenvalue weighted by Gasteiger charge is 2.13. The molecule has 0 bridgehead atoms. The zero-order chi connectivity index (χ0) is 17.6. The zero-order valence-electron chi connectivity index (χ0n) is 13.8. The van der Waals surface area contributed by atoms with Crippen molar-refractivity contribution in [2.75, 3.05) is 14.2 Å². The Kier molecular flexibility index (Phi) is 4.94. The van der Waals surface area contributed by atoms with E-state index in [-0.39, 0.29) is 12.5 Å². The number of esters is 1. The minimum Gasteiger partial charge on any atom is -0.497 e. The Hall–Kier alpha value is -3.35. The van der Waals surface area contributed by atoms with Crippen molar-refractivity contribution < 1.29 is 23.5 Å². The Balaban J connectivity index is 1.66. The lowest BCUT2D eigenvalue weighted by Crippen LogP contribution is -2.05. The van der Waals surface area contributed by atoms with Crippen LogP contribution in [0.5, 0.6) is 11.5 Å². The SMILES string of the molecule is COc1cccc(C(=O)OCc2nc(-c3cccc(OC)c3)no2)c1. The van der Waals surface area contributed by atoms with Gasteiger partial charge in [-0.3, -0.25) is 0 Å². The van der Waals surface area contributed by atoms with Crippen molar-refractivity contribution in [2.45, 2.75) is 6.61 Å². The van der Waals surface area contributed by atoms with E-state index in [0.717, 1.165) is 5.56 Å². The first kappa shape index (κ1) is 16.5. The van der Waals surface area contributed by atoms with Crippen molar-refractivity contribution in [3.63, 3.8) is 0 Å². The molecule has 3 aromatic rings. The molecule has 25 heavy (non-hydrogen) atoms. The van der Waals surface area contributed by atoms with Crippen LogP contribution in [0.2, 0.25) is 0 Å². The number of nitrogens with zero attached hydrogens (tertiary/aromatic N) is 2. The second-order valence-electron chi connectivity index (χ2n) is 5.05. The van der Waals surface area contributed by atoms with Gasteiger partial charge in [-0.25, -0.2) is 4.79 Å². The van der Waals surface area contributed by atoms with Crippen LogP contribution in [0.4, 0.5) is 0 Å². The summed E-state index contributed by atoms with van der Waals surface area (Å²) in [5.74, 6) is 1.36. The Morgan fingerprint density at radius 1 is 1.04 bits per heavy atom. The van der Waals surface area contributed by atoms with Gasteiger partial charge >= 0.3 is 5.97 Å². The number of hydrogen-bond donors (Lipinski definition) is 0. The van der Waals surface area contributed by atoms with Gasteiger partial charge in [0.15, 0.2) is 6.61 Å². The number of carbonyl (C=O) groups excluding carboxylic acids is 1. The Bertz CT molecular complexity index is 875. The number of hydrogen-bond acceptors (Lipinski definition) is 7. The van der Waals surface area contributed by atoms with Crippen molar-refractivity contribution in [3.05, 3.63) is 60.0 Å². The van der Waals surface area contributed by atoms with Gasteiger partial charge in [0.25, 0.3) is 5.89 Å². The fourth-order valence-corrected chi connectivity index (χ4v) is 2.15. The molecule has 0 aliphatic heterocycles. The average Bonchev–Trinajstić information content (AvgIpc) is 3.15. The molecule has 2 aromatic carbocycles. The van der Waals surface area contributed by atoms with E-state index in [9.17, 15) is 4.79 Å². The molecule has 128 valence electrons. The first-order chi connectivity index (χ1) is 12.2. The molecule has 0 spiro atoms. The number of methoxy groups -OCH3 is 2. The van der Waals surface area contributed by atoms with Gasteiger partial charge in [0.2, 0.25) is 5.82 Å². The lowest BCUT2D eigenvalue weighted by molar-refractivity contribution is 0.0429. The van der Waals surface area contributed by atoms with E-state index in [1.165, 1.54) is 7.11 Å². The van der Waals surface area contributed by atoms with Crippen LogP contribution in [-0.2, 0) is 11.3 Å². The van der Waals surface area contributed by atoms with Crippen molar-refractivity contribution in [1.29, 1.82) is 0 Å². The first-order valence-electron chi connectivity index (χ1n) is 7.48. The zero-order valence-corrected chi connectivity index (χ0v) is 13.8. The lowest BCUT2D eigenvalue weighted by Gasteiger charge is -2.04. The van der Waals surface area contributed by atoms with Crippen LogP contribution >= 0.6 is 0 Å². The highest BCUT2D eigenvalue weighted by atomic mass is 16.6. The largest absolute Gasteiger partial charge is 0.497 e. The lowest BCUT2D eigenvalue weighted by atomic mass is 10.2. The van der Waals surface area contributed by atoms with E-state index in [1.54, 1.807) is 37.4 Å². The van der Waals surface area contributed by atoms with Crippen molar-refractivity contribution in [1.82, 2.24) is 10.1 Å². The summed E-state index contributed by atoms with van der Waals surface area (Å²) in [6.45, 7) is -0.118. The van der Waals surface area contributed by atoms with Crippen LogP contribution in [0.3, 0.4) is 0 Å². The molecule has 0 saturated carbocycles. The fraction of sp³-hybridized carbons (Fsp3) is 0.167. The highest BCUT2D eigenvalue weighted by molar-refractivity contribution is 5.89. The molecule has 7 heteroatoms. The van der Waals surface area contributed by atoms with E-state index in [4.69, 9.17) is 18.7 Å². The predicted octanol–water partition coefficient (Wildman–Crippen LogP) is 3.11. The monoisotopic (exact) mass is 340 g/mol. The maximum atomic E-state index is 12.1. The maximum Gasteiger partial charge on any atom is 0.338 e. The van der Waals surface area contributed by atoms with Gasteiger partial charge in [0.05, 0.1) is 19.8 Å². The molecule has 0 amide bonds. The second kappa shape index (κ2) is 7.48. The molecule has 0 N–H and O–H groups in total. The van der Waals surface area contributed by atoms with Crippen LogP contribution in [0.1, 0.15) is 16.2 Å². The number of rotatable bonds is 6. The Morgan fingerprint density at radius 3 is 2.52 bits per heavy atom. The van der Waals surface area contributed by atoms with Crippen molar-refractivity contribution in [3.8, 4) is 22.9 Å². The van der Waals surface area contributed by atoms with Crippen LogP contribution in [-0.4, -0.2) is 30.3 Å². The summed E-state index contributed by atoms with van der Waals surface area (Å²) in [6, 6.07) is 14.0. The summed E-state index contributed by atoms with van der Waals surface area (Å²) in [4.78, 5) is 16.3. The minimum absolute atomic E-state index is 0.118. The Labute approximate surface area is 144 Å². The second-order valence-corrected chi connectivity index (χ2v) is 5.05. The van der Waals surface area contributed by atoms with Crippen LogP contribution in [0, 0.1) is 0 Å². The number of benzene rings is 2. The minimum atomic E-state index is -0.500. The molecule has 0 aliphatic carbocycles. The number of ether oxygens (including phenoxy) is 3. The van der Waals surface area contributed by atoms with Crippen molar-refractivity contribution >= 4 is 5.97 Å². The van der Waals surface area contributed by atoms with Gasteiger partial charge in [-0.15, -0.1) is 0 Å². The summed E-state index contributed by atoms with van der Waals surface area (Å²) in [5, 5.41) is 3.89. The van der Waals surface area contributed by atoms with Gasteiger partial charge in [-0.2, -0.15) is 4.98 Å². The average molecular weight is 340 g/mol. The first-order valence-corrected chi connectivity index (χ1v) is 7.48. The molecule has 0 saturated heterocycles. The molecule has 1 heterocycles. The molecule has 3 rings (SSSR count). The van der Waals surface area contributed by atoms with E-state index in [0.29, 0.717) is 22.9 Å². The number of carbonyl (C=O) groups is 1. The highest BCUT2D eigenvalue weighted by Crippen LogP contribution is 2.21. The van der Waals surface area contributed by atoms with Crippen molar-refractivity contribution in [2.24, 2.45) is 0 Å². The molecule has 0 radical (unpaired) electrons. The maximum absolute atomic E-state index is 12.1. The van der Waals surface area contributed by atoms with Gasteiger partial charge in [-0.1, -0.05) is 23.4 Å². The third-order valence-electron chi connectivity index (χ3n) is 3.43. The predicted molar refractivity (Wildman–Crippen MR) is 88.4 cm³/mol. The normalized spacial score (nSPS) is 10.3. The van der Waals surface area contributed by atoms with E-state index >= 15 is 0 Å².